The zero-order chi connectivity index (χ0) is 21.0. The minimum Gasteiger partial charge on any atom is -0.393 e. The van der Waals surface area contributed by atoms with Crippen LogP contribution in [0.25, 0.3) is 0 Å². The molecule has 0 heterocycles. The molecule has 0 amide bonds. The maximum absolute atomic E-state index is 10.2. The highest BCUT2D eigenvalue weighted by atomic mass is 16.3. The summed E-state index contributed by atoms with van der Waals surface area (Å²) in [5, 5.41) is 10.2. The standard InChI is InChI=1S/C28H44O/c1-18(2)19(3)7-8-20(4)24-11-12-25-23-10-9-21-17-22(29)13-15-27(21,5)26(23)14-16-28(24,25)6/h7-10,18-22,24-25,29H,11-17H2,1-6H3/t19-,20+,21+,22-,24+,25-,27-,28+/m0/s1. The number of hydrogen-bond acceptors (Lipinski definition) is 1. The van der Waals surface area contributed by atoms with Crippen molar-refractivity contribution in [3.8, 4) is 0 Å². The molecular weight excluding hydrogens is 352 g/mol. The average Bonchev–Trinajstić information content (AvgIpc) is 3.03. The van der Waals surface area contributed by atoms with E-state index in [1.807, 2.05) is 0 Å². The SMILES string of the molecule is CC(C)[C@@H](C)C=C[C@@H](C)[C@H]1CC[C@H]2C3=C(CC[C@]12C)[C@@]1(C)CC[C@H](O)C[C@H]1C=C3. The largest absolute Gasteiger partial charge is 0.393 e. The summed E-state index contributed by atoms with van der Waals surface area (Å²) in [6.07, 6.45) is 18.4. The van der Waals surface area contributed by atoms with E-state index < -0.39 is 0 Å². The lowest BCUT2D eigenvalue weighted by Crippen LogP contribution is -2.44. The molecule has 2 saturated carbocycles. The van der Waals surface area contributed by atoms with Gasteiger partial charge in [-0.3, -0.25) is 0 Å². The molecule has 0 aliphatic heterocycles. The van der Waals surface area contributed by atoms with Crippen LogP contribution >= 0.6 is 0 Å². The molecule has 4 rings (SSSR count). The first-order valence-corrected chi connectivity index (χ1v) is 12.4. The van der Waals surface area contributed by atoms with Crippen LogP contribution in [0.5, 0.6) is 0 Å². The van der Waals surface area contributed by atoms with E-state index in [4.69, 9.17) is 0 Å². The number of fused-ring (bicyclic) bond motifs is 4. The third-order valence-corrected chi connectivity index (χ3v) is 9.99. The highest BCUT2D eigenvalue weighted by molar-refractivity contribution is 5.42. The van der Waals surface area contributed by atoms with E-state index in [1.54, 1.807) is 11.1 Å². The minimum atomic E-state index is -0.0922. The van der Waals surface area contributed by atoms with Gasteiger partial charge in [0, 0.05) is 0 Å². The quantitative estimate of drug-likeness (QED) is 0.493. The van der Waals surface area contributed by atoms with Crippen molar-refractivity contribution in [3.63, 3.8) is 0 Å². The lowest BCUT2D eigenvalue weighted by molar-refractivity contribution is 0.0443. The average molecular weight is 397 g/mol. The van der Waals surface area contributed by atoms with Crippen LogP contribution in [0.3, 0.4) is 0 Å². The maximum atomic E-state index is 10.2. The Morgan fingerprint density at radius 3 is 2.52 bits per heavy atom. The molecule has 0 unspecified atom stereocenters. The molecule has 1 nitrogen and oxygen atoms in total. The molecule has 162 valence electrons. The monoisotopic (exact) mass is 396 g/mol. The highest BCUT2D eigenvalue weighted by Gasteiger charge is 2.54. The first kappa shape index (κ1) is 21.4. The zero-order valence-electron chi connectivity index (χ0n) is 19.7. The van der Waals surface area contributed by atoms with Crippen molar-refractivity contribution in [2.75, 3.05) is 0 Å². The molecule has 0 aromatic rings. The predicted octanol–water partition coefficient (Wildman–Crippen LogP) is 7.33. The van der Waals surface area contributed by atoms with Crippen LogP contribution in [0, 0.1) is 46.3 Å². The number of allylic oxidation sites excluding steroid dienone is 6. The summed E-state index contributed by atoms with van der Waals surface area (Å²) < 4.78 is 0. The Balaban J connectivity index is 1.57. The lowest BCUT2D eigenvalue weighted by Gasteiger charge is -2.53. The van der Waals surface area contributed by atoms with Crippen molar-refractivity contribution in [1.82, 2.24) is 0 Å². The van der Waals surface area contributed by atoms with E-state index in [-0.39, 0.29) is 6.10 Å². The van der Waals surface area contributed by atoms with Gasteiger partial charge in [-0.05, 0) is 96.9 Å². The van der Waals surface area contributed by atoms with Gasteiger partial charge in [-0.2, -0.15) is 0 Å². The zero-order valence-corrected chi connectivity index (χ0v) is 19.7. The molecule has 0 radical (unpaired) electrons. The lowest BCUT2D eigenvalue weighted by atomic mass is 9.52. The topological polar surface area (TPSA) is 20.2 Å². The van der Waals surface area contributed by atoms with Crippen molar-refractivity contribution < 1.29 is 5.11 Å². The molecule has 8 atom stereocenters. The summed E-state index contributed by atoms with van der Waals surface area (Å²) in [5.41, 5.74) is 4.24. The van der Waals surface area contributed by atoms with E-state index in [2.05, 4.69) is 65.8 Å². The Morgan fingerprint density at radius 2 is 1.79 bits per heavy atom. The molecule has 0 aromatic heterocycles. The third kappa shape index (κ3) is 3.50. The second kappa shape index (κ2) is 7.70. The Kier molecular flexibility index (Phi) is 5.69. The Bertz CT molecular complexity index is 712. The first-order valence-electron chi connectivity index (χ1n) is 12.4. The van der Waals surface area contributed by atoms with Crippen molar-refractivity contribution in [2.24, 2.45) is 46.3 Å². The summed E-state index contributed by atoms with van der Waals surface area (Å²) in [4.78, 5) is 0. The van der Waals surface area contributed by atoms with Gasteiger partial charge in [0.25, 0.3) is 0 Å². The second-order valence-electron chi connectivity index (χ2n) is 11.8. The normalized spacial score (nSPS) is 44.0. The summed E-state index contributed by atoms with van der Waals surface area (Å²) in [6.45, 7) is 14.6. The molecule has 0 bridgehead atoms. The molecule has 29 heavy (non-hydrogen) atoms. The second-order valence-corrected chi connectivity index (χ2v) is 11.8. The van der Waals surface area contributed by atoms with Crippen LogP contribution in [-0.2, 0) is 0 Å². The number of hydrogen-bond donors (Lipinski definition) is 1. The molecule has 4 aliphatic rings. The van der Waals surface area contributed by atoms with Crippen LogP contribution in [0.15, 0.2) is 35.5 Å². The number of rotatable bonds is 4. The van der Waals surface area contributed by atoms with Crippen molar-refractivity contribution in [2.45, 2.75) is 92.6 Å². The van der Waals surface area contributed by atoms with Gasteiger partial charge >= 0.3 is 0 Å². The fourth-order valence-corrected chi connectivity index (χ4v) is 7.49. The predicted molar refractivity (Wildman–Crippen MR) is 123 cm³/mol. The van der Waals surface area contributed by atoms with Crippen LogP contribution in [-0.4, -0.2) is 11.2 Å². The first-order chi connectivity index (χ1) is 13.7. The van der Waals surface area contributed by atoms with Crippen LogP contribution < -0.4 is 0 Å². The number of aliphatic hydroxyl groups excluding tert-OH is 1. The summed E-state index contributed by atoms with van der Waals surface area (Å²) in [6, 6.07) is 0. The van der Waals surface area contributed by atoms with Gasteiger partial charge in [-0.25, -0.2) is 0 Å². The molecule has 4 aliphatic carbocycles. The Hall–Kier alpha value is -0.820. The number of aliphatic hydroxyl groups is 1. The minimum absolute atomic E-state index is 0.0922. The van der Waals surface area contributed by atoms with E-state index in [1.165, 1.54) is 32.1 Å². The fourth-order valence-electron chi connectivity index (χ4n) is 7.49. The molecular formula is C28H44O. The summed E-state index contributed by atoms with van der Waals surface area (Å²) >= 11 is 0. The van der Waals surface area contributed by atoms with E-state index >= 15 is 0 Å². The van der Waals surface area contributed by atoms with Gasteiger partial charge in [0.15, 0.2) is 0 Å². The van der Waals surface area contributed by atoms with E-state index in [0.717, 1.165) is 30.6 Å². The molecule has 0 spiro atoms. The van der Waals surface area contributed by atoms with Crippen LogP contribution in [0.4, 0.5) is 0 Å². The van der Waals surface area contributed by atoms with Crippen LogP contribution in [0.1, 0.15) is 86.5 Å². The highest BCUT2D eigenvalue weighted by Crippen LogP contribution is 2.64. The summed E-state index contributed by atoms with van der Waals surface area (Å²) in [7, 11) is 0. The van der Waals surface area contributed by atoms with Crippen molar-refractivity contribution in [3.05, 3.63) is 35.5 Å². The van der Waals surface area contributed by atoms with Gasteiger partial charge in [0.05, 0.1) is 6.10 Å². The smallest absolute Gasteiger partial charge is 0.0546 e. The Morgan fingerprint density at radius 1 is 1.03 bits per heavy atom. The molecule has 1 N–H and O–H groups in total. The van der Waals surface area contributed by atoms with Gasteiger partial charge < -0.3 is 5.11 Å². The van der Waals surface area contributed by atoms with Gasteiger partial charge in [0.2, 0.25) is 0 Å². The Labute approximate surface area is 179 Å². The van der Waals surface area contributed by atoms with Crippen molar-refractivity contribution >= 4 is 0 Å². The van der Waals surface area contributed by atoms with E-state index in [9.17, 15) is 5.11 Å². The van der Waals surface area contributed by atoms with Gasteiger partial charge in [0.1, 0.15) is 0 Å². The summed E-state index contributed by atoms with van der Waals surface area (Å²) in [5.74, 6) is 4.17. The fraction of sp³-hybridized carbons (Fsp3) is 0.786. The molecule has 0 aromatic carbocycles. The molecule has 2 fully saturated rings. The van der Waals surface area contributed by atoms with Crippen molar-refractivity contribution in [1.29, 1.82) is 0 Å². The van der Waals surface area contributed by atoms with E-state index in [0.29, 0.717) is 28.6 Å². The van der Waals surface area contributed by atoms with Gasteiger partial charge in [-0.15, -0.1) is 0 Å². The maximum Gasteiger partial charge on any atom is 0.0546 e. The molecule has 1 heteroatoms. The van der Waals surface area contributed by atoms with Crippen LogP contribution in [0.2, 0.25) is 0 Å². The molecule has 0 saturated heterocycles. The third-order valence-electron chi connectivity index (χ3n) is 9.99. The van der Waals surface area contributed by atoms with Gasteiger partial charge in [-0.1, -0.05) is 71.4 Å².